The van der Waals surface area contributed by atoms with E-state index in [2.05, 4.69) is 10.6 Å². The van der Waals surface area contributed by atoms with Gasteiger partial charge in [0.1, 0.15) is 12.6 Å². The molecule has 24 heavy (non-hydrogen) atoms. The molecular formula is C14H20ClN5O4. The van der Waals surface area contributed by atoms with Crippen LogP contribution in [0.4, 0.5) is 5.69 Å². The number of esters is 1. The molecule has 1 unspecified atom stereocenters. The molecular weight excluding hydrogens is 338 g/mol. The molecule has 132 valence electrons. The average molecular weight is 358 g/mol. The Balaban J connectivity index is 0.00000288. The number of rotatable bonds is 6. The van der Waals surface area contributed by atoms with Crippen LogP contribution in [-0.4, -0.2) is 36.0 Å². The van der Waals surface area contributed by atoms with Crippen molar-refractivity contribution in [2.75, 3.05) is 13.1 Å². The number of guanidine groups is 1. The van der Waals surface area contributed by atoms with Gasteiger partial charge in [0.05, 0.1) is 4.92 Å². The van der Waals surface area contributed by atoms with Gasteiger partial charge in [-0.2, -0.15) is 0 Å². The van der Waals surface area contributed by atoms with Crippen molar-refractivity contribution in [3.63, 3.8) is 0 Å². The van der Waals surface area contributed by atoms with Gasteiger partial charge in [-0.05, 0) is 30.7 Å². The first kappa shape index (κ1) is 19.7. The van der Waals surface area contributed by atoms with Crippen molar-refractivity contribution in [1.29, 1.82) is 5.41 Å². The minimum Gasteiger partial charge on any atom is -0.459 e. The van der Waals surface area contributed by atoms with Gasteiger partial charge in [-0.1, -0.05) is 0 Å². The van der Waals surface area contributed by atoms with Crippen LogP contribution in [0.2, 0.25) is 0 Å². The lowest BCUT2D eigenvalue weighted by molar-refractivity contribution is -0.384. The van der Waals surface area contributed by atoms with Crippen molar-refractivity contribution >= 4 is 30.0 Å². The Kier molecular flexibility index (Phi) is 7.40. The zero-order valence-electron chi connectivity index (χ0n) is 12.9. The molecule has 0 amide bonds. The topological polar surface area (TPSA) is 143 Å². The molecule has 0 aliphatic carbocycles. The fourth-order valence-electron chi connectivity index (χ4n) is 2.46. The van der Waals surface area contributed by atoms with Crippen molar-refractivity contribution in [3.8, 4) is 0 Å². The summed E-state index contributed by atoms with van der Waals surface area (Å²) in [6.07, 6.45) is 0.789. The van der Waals surface area contributed by atoms with Crippen LogP contribution in [-0.2, 0) is 16.1 Å². The molecule has 1 fully saturated rings. The van der Waals surface area contributed by atoms with Gasteiger partial charge in [0.25, 0.3) is 5.69 Å². The number of nitro benzene ring substituents is 1. The van der Waals surface area contributed by atoms with Crippen LogP contribution in [0.5, 0.6) is 0 Å². The summed E-state index contributed by atoms with van der Waals surface area (Å²) in [5.41, 5.74) is 5.96. The summed E-state index contributed by atoms with van der Waals surface area (Å²) in [4.78, 5) is 22.3. The van der Waals surface area contributed by atoms with Gasteiger partial charge in [-0.25, -0.2) is 4.79 Å². The first-order valence-corrected chi connectivity index (χ1v) is 7.18. The summed E-state index contributed by atoms with van der Waals surface area (Å²) >= 11 is 0. The largest absolute Gasteiger partial charge is 0.459 e. The number of nitrogens with one attached hydrogen (secondary N) is 3. The molecule has 0 bridgehead atoms. The number of halogens is 1. The smallest absolute Gasteiger partial charge is 0.329 e. The molecule has 0 aromatic heterocycles. The minimum atomic E-state index is -0.680. The highest BCUT2D eigenvalue weighted by atomic mass is 35.5. The first-order chi connectivity index (χ1) is 11.0. The Morgan fingerprint density at radius 2 is 2.17 bits per heavy atom. The Morgan fingerprint density at radius 1 is 1.50 bits per heavy atom. The van der Waals surface area contributed by atoms with E-state index in [-0.39, 0.29) is 36.6 Å². The second-order valence-corrected chi connectivity index (χ2v) is 5.32. The lowest BCUT2D eigenvalue weighted by Gasteiger charge is -2.22. The molecule has 1 aliphatic heterocycles. The zero-order valence-corrected chi connectivity index (χ0v) is 13.7. The molecule has 2 atom stereocenters. The van der Waals surface area contributed by atoms with E-state index in [0.717, 1.165) is 13.0 Å². The highest BCUT2D eigenvalue weighted by molar-refractivity contribution is 5.85. The van der Waals surface area contributed by atoms with Gasteiger partial charge < -0.3 is 21.1 Å². The van der Waals surface area contributed by atoms with E-state index < -0.39 is 16.9 Å². The van der Waals surface area contributed by atoms with Gasteiger partial charge in [-0.15, -0.1) is 12.4 Å². The number of nitrogens with two attached hydrogens (primary N) is 1. The molecule has 0 saturated carbocycles. The number of nitro groups is 1. The van der Waals surface area contributed by atoms with E-state index in [4.69, 9.17) is 15.9 Å². The number of hydrogen-bond acceptors (Lipinski definition) is 6. The van der Waals surface area contributed by atoms with Gasteiger partial charge in [-0.3, -0.25) is 15.5 Å². The van der Waals surface area contributed by atoms with Crippen LogP contribution in [0, 0.1) is 21.4 Å². The number of nitrogens with zero attached hydrogens (tertiary/aromatic N) is 1. The molecule has 5 N–H and O–H groups in total. The van der Waals surface area contributed by atoms with Crippen molar-refractivity contribution in [1.82, 2.24) is 10.6 Å². The van der Waals surface area contributed by atoms with Gasteiger partial charge in [0, 0.05) is 24.6 Å². The summed E-state index contributed by atoms with van der Waals surface area (Å²) in [5.74, 6) is -0.773. The zero-order chi connectivity index (χ0) is 16.8. The summed E-state index contributed by atoms with van der Waals surface area (Å²) in [6, 6.07) is 5.11. The van der Waals surface area contributed by atoms with E-state index in [1.807, 2.05) is 0 Å². The van der Waals surface area contributed by atoms with Gasteiger partial charge in [0.2, 0.25) is 0 Å². The SMILES string of the molecule is Cl.N=C(N)NC(C(=O)OCc1ccc([N+](=O)[O-])cc1)[C@H]1CCNC1. The summed E-state index contributed by atoms with van der Waals surface area (Å²) < 4.78 is 5.25. The Hall–Kier alpha value is -2.39. The van der Waals surface area contributed by atoms with Crippen LogP contribution in [0.1, 0.15) is 12.0 Å². The maximum atomic E-state index is 12.2. The summed E-state index contributed by atoms with van der Waals surface area (Å²) in [7, 11) is 0. The lowest BCUT2D eigenvalue weighted by atomic mass is 9.99. The monoisotopic (exact) mass is 357 g/mol. The maximum absolute atomic E-state index is 12.2. The van der Waals surface area contributed by atoms with Gasteiger partial charge >= 0.3 is 5.97 Å². The molecule has 1 aromatic rings. The van der Waals surface area contributed by atoms with Crippen LogP contribution in [0.25, 0.3) is 0 Å². The van der Waals surface area contributed by atoms with Crippen molar-refractivity contribution in [2.45, 2.75) is 19.1 Å². The van der Waals surface area contributed by atoms with Gasteiger partial charge in [0.15, 0.2) is 5.96 Å². The fraction of sp³-hybridized carbons (Fsp3) is 0.429. The van der Waals surface area contributed by atoms with Crippen LogP contribution >= 0.6 is 12.4 Å². The Morgan fingerprint density at radius 3 is 2.67 bits per heavy atom. The predicted molar refractivity (Wildman–Crippen MR) is 90.0 cm³/mol. The standard InChI is InChI=1S/C14H19N5O4.ClH/c15-14(16)18-12(10-5-6-17-7-10)13(20)23-8-9-1-3-11(4-2-9)19(21)22;/h1-4,10,12,17H,5-8H2,(H4,15,16,18);1H/t10-,12?;/m0./s1. The Bertz CT molecular complexity index is 589. The van der Waals surface area contributed by atoms with Crippen LogP contribution in [0.15, 0.2) is 24.3 Å². The van der Waals surface area contributed by atoms with Crippen LogP contribution in [0.3, 0.4) is 0 Å². The number of non-ortho nitro benzene ring substituents is 1. The van der Waals surface area contributed by atoms with E-state index in [1.165, 1.54) is 24.3 Å². The number of hydrogen-bond donors (Lipinski definition) is 4. The molecule has 9 nitrogen and oxygen atoms in total. The number of benzene rings is 1. The first-order valence-electron chi connectivity index (χ1n) is 7.18. The molecule has 0 radical (unpaired) electrons. The summed E-state index contributed by atoms with van der Waals surface area (Å²) in [5, 5.41) is 23.7. The number of ether oxygens (including phenoxy) is 1. The molecule has 0 spiro atoms. The molecule has 10 heteroatoms. The molecule has 1 heterocycles. The lowest BCUT2D eigenvalue weighted by Crippen LogP contribution is -2.49. The molecule has 2 rings (SSSR count). The van der Waals surface area contributed by atoms with E-state index in [9.17, 15) is 14.9 Å². The van der Waals surface area contributed by atoms with Crippen molar-refractivity contribution in [2.24, 2.45) is 11.7 Å². The third kappa shape index (κ3) is 5.36. The van der Waals surface area contributed by atoms with E-state index in [1.54, 1.807) is 0 Å². The minimum absolute atomic E-state index is 0. The van der Waals surface area contributed by atoms with E-state index in [0.29, 0.717) is 12.1 Å². The fourth-order valence-corrected chi connectivity index (χ4v) is 2.46. The Labute approximate surface area is 145 Å². The number of carbonyl (C=O) groups is 1. The predicted octanol–water partition coefficient (Wildman–Crippen LogP) is 0.521. The summed E-state index contributed by atoms with van der Waals surface area (Å²) in [6.45, 7) is 1.46. The second-order valence-electron chi connectivity index (χ2n) is 5.32. The number of carbonyl (C=O) groups excluding carboxylic acids is 1. The second kappa shape index (κ2) is 9.04. The normalized spacial score (nSPS) is 17.4. The van der Waals surface area contributed by atoms with E-state index >= 15 is 0 Å². The highest BCUT2D eigenvalue weighted by Gasteiger charge is 2.32. The van der Waals surface area contributed by atoms with Crippen LogP contribution < -0.4 is 16.4 Å². The third-order valence-electron chi connectivity index (χ3n) is 3.66. The molecule has 1 saturated heterocycles. The highest BCUT2D eigenvalue weighted by Crippen LogP contribution is 2.16. The van der Waals surface area contributed by atoms with Crippen molar-refractivity contribution < 1.29 is 14.5 Å². The molecule has 1 aromatic carbocycles. The van der Waals surface area contributed by atoms with Crippen molar-refractivity contribution in [3.05, 3.63) is 39.9 Å². The third-order valence-corrected chi connectivity index (χ3v) is 3.66. The quantitative estimate of drug-likeness (QED) is 0.191. The average Bonchev–Trinajstić information content (AvgIpc) is 3.04. The molecule has 1 aliphatic rings. The maximum Gasteiger partial charge on any atom is 0.329 e.